The smallest absolute Gasteiger partial charge is 0.241 e. The van der Waals surface area contributed by atoms with Crippen LogP contribution in [0, 0.1) is 0 Å². The lowest BCUT2D eigenvalue weighted by Gasteiger charge is -2.09. The molecule has 0 saturated carbocycles. The lowest BCUT2D eigenvalue weighted by Crippen LogP contribution is -2.28. The lowest BCUT2D eigenvalue weighted by atomic mass is 10.4. The molecule has 0 aliphatic heterocycles. The Bertz CT molecular complexity index is 488. The van der Waals surface area contributed by atoms with Gasteiger partial charge in [-0.25, -0.2) is 13.1 Å². The Morgan fingerprint density at radius 1 is 1.24 bits per heavy atom. The van der Waals surface area contributed by atoms with E-state index in [4.69, 9.17) is 9.47 Å². The monoisotopic (exact) mass is 336 g/mol. The van der Waals surface area contributed by atoms with Gasteiger partial charge < -0.3 is 14.8 Å². The fraction of sp³-hybridized carbons (Fsp3) is 0.692. The summed E-state index contributed by atoms with van der Waals surface area (Å²) in [6.45, 7) is 5.07. The van der Waals surface area contributed by atoms with E-state index in [2.05, 4.69) is 17.0 Å². The number of hydrogen-bond donors (Lipinski definition) is 2. The molecule has 0 radical (unpaired) electrons. The molecular weight excluding hydrogens is 312 g/mol. The summed E-state index contributed by atoms with van der Waals surface area (Å²) < 4.78 is 37.1. The van der Waals surface area contributed by atoms with Gasteiger partial charge in [0.2, 0.25) is 10.0 Å². The van der Waals surface area contributed by atoms with E-state index in [1.165, 1.54) is 11.3 Å². The fourth-order valence-electron chi connectivity index (χ4n) is 1.65. The summed E-state index contributed by atoms with van der Waals surface area (Å²) in [5, 5.41) is 5.02. The minimum Gasteiger partial charge on any atom is -0.382 e. The maximum Gasteiger partial charge on any atom is 0.241 e. The highest BCUT2D eigenvalue weighted by Crippen LogP contribution is 2.21. The third kappa shape index (κ3) is 6.86. The van der Waals surface area contributed by atoms with Gasteiger partial charge >= 0.3 is 0 Å². The molecule has 1 aromatic rings. The van der Waals surface area contributed by atoms with Crippen LogP contribution in [0.5, 0.6) is 0 Å². The number of rotatable bonds is 12. The molecule has 1 rings (SSSR count). The summed E-state index contributed by atoms with van der Waals surface area (Å²) in [4.78, 5) is 1.18. The van der Waals surface area contributed by atoms with Crippen LogP contribution < -0.4 is 10.0 Å². The number of nitrogens with one attached hydrogen (secondary N) is 2. The fourth-order valence-corrected chi connectivity index (χ4v) is 4.07. The van der Waals surface area contributed by atoms with Crippen molar-refractivity contribution in [2.75, 3.05) is 40.0 Å². The Hall–Kier alpha value is -0.510. The first-order chi connectivity index (χ1) is 10.1. The van der Waals surface area contributed by atoms with Crippen LogP contribution in [0.1, 0.15) is 18.2 Å². The lowest BCUT2D eigenvalue weighted by molar-refractivity contribution is 0.0736. The van der Waals surface area contributed by atoms with E-state index in [1.807, 2.05) is 0 Å². The van der Waals surface area contributed by atoms with E-state index in [-0.39, 0.29) is 6.54 Å². The van der Waals surface area contributed by atoms with E-state index < -0.39 is 10.0 Å². The molecule has 0 atom stereocenters. The van der Waals surface area contributed by atoms with Crippen molar-refractivity contribution in [3.8, 4) is 0 Å². The van der Waals surface area contributed by atoms with Crippen LogP contribution in [0.15, 0.2) is 16.3 Å². The zero-order chi connectivity index (χ0) is 15.6. The molecule has 0 saturated heterocycles. The zero-order valence-electron chi connectivity index (χ0n) is 12.6. The normalized spacial score (nSPS) is 11.9. The third-order valence-corrected chi connectivity index (χ3v) is 5.27. The predicted octanol–water partition coefficient (Wildman–Crippen LogP) is 1.19. The predicted molar refractivity (Wildman–Crippen MR) is 84.2 cm³/mol. The van der Waals surface area contributed by atoms with Crippen LogP contribution in [0.25, 0.3) is 0 Å². The summed E-state index contributed by atoms with van der Waals surface area (Å²) >= 11 is 1.45. The second-order valence-corrected chi connectivity index (χ2v) is 7.12. The van der Waals surface area contributed by atoms with Gasteiger partial charge in [0.25, 0.3) is 0 Å². The Morgan fingerprint density at radius 3 is 2.76 bits per heavy atom. The zero-order valence-corrected chi connectivity index (χ0v) is 14.2. The number of thiophene rings is 1. The van der Waals surface area contributed by atoms with Crippen LogP contribution >= 0.6 is 11.3 Å². The highest BCUT2D eigenvalue weighted by Gasteiger charge is 2.18. The first-order valence-electron chi connectivity index (χ1n) is 6.95. The van der Waals surface area contributed by atoms with Gasteiger partial charge in [-0.15, -0.1) is 11.3 Å². The number of sulfonamides is 1. The Labute approximate surface area is 130 Å². The van der Waals surface area contributed by atoms with Crippen molar-refractivity contribution in [1.29, 1.82) is 0 Å². The maximum absolute atomic E-state index is 12.2. The van der Waals surface area contributed by atoms with Gasteiger partial charge in [-0.05, 0) is 24.4 Å². The van der Waals surface area contributed by atoms with E-state index in [0.29, 0.717) is 31.3 Å². The molecule has 8 heteroatoms. The minimum absolute atomic E-state index is 0.254. The largest absolute Gasteiger partial charge is 0.382 e. The molecule has 122 valence electrons. The van der Waals surface area contributed by atoms with E-state index in [0.717, 1.165) is 17.8 Å². The summed E-state index contributed by atoms with van der Waals surface area (Å²) in [6, 6.07) is 1.64. The average molecular weight is 336 g/mol. The van der Waals surface area contributed by atoms with Crippen molar-refractivity contribution in [3.63, 3.8) is 0 Å². The number of hydrogen-bond acceptors (Lipinski definition) is 6. The van der Waals surface area contributed by atoms with Gasteiger partial charge in [0.05, 0.1) is 24.7 Å². The second kappa shape index (κ2) is 10.3. The molecule has 0 aliphatic rings. The van der Waals surface area contributed by atoms with Crippen LogP contribution in [0.4, 0.5) is 0 Å². The van der Waals surface area contributed by atoms with Crippen molar-refractivity contribution >= 4 is 21.4 Å². The SMILES string of the molecule is CCCNCc1sccc1S(=O)(=O)NCCOCCOC. The number of ether oxygens (including phenoxy) is 2. The van der Waals surface area contributed by atoms with Crippen LogP contribution in [-0.2, 0) is 26.0 Å². The minimum atomic E-state index is -3.47. The molecule has 0 amide bonds. The number of methoxy groups -OCH3 is 1. The molecule has 2 N–H and O–H groups in total. The van der Waals surface area contributed by atoms with Crippen molar-refractivity contribution in [2.45, 2.75) is 24.8 Å². The van der Waals surface area contributed by atoms with Gasteiger partial charge in [-0.3, -0.25) is 0 Å². The first-order valence-corrected chi connectivity index (χ1v) is 9.31. The Balaban J connectivity index is 2.44. The third-order valence-electron chi connectivity index (χ3n) is 2.68. The van der Waals surface area contributed by atoms with Crippen molar-refractivity contribution in [2.24, 2.45) is 0 Å². The molecular formula is C13H24N2O4S2. The molecule has 0 unspecified atom stereocenters. The van der Waals surface area contributed by atoms with Crippen molar-refractivity contribution in [1.82, 2.24) is 10.0 Å². The molecule has 6 nitrogen and oxygen atoms in total. The van der Waals surface area contributed by atoms with Crippen LogP contribution in [-0.4, -0.2) is 48.4 Å². The van der Waals surface area contributed by atoms with E-state index in [1.54, 1.807) is 18.6 Å². The first kappa shape index (κ1) is 18.5. The highest BCUT2D eigenvalue weighted by atomic mass is 32.2. The van der Waals surface area contributed by atoms with Crippen molar-refractivity contribution < 1.29 is 17.9 Å². The summed E-state index contributed by atoms with van der Waals surface area (Å²) in [5.41, 5.74) is 0. The van der Waals surface area contributed by atoms with Gasteiger partial charge in [0.1, 0.15) is 0 Å². The van der Waals surface area contributed by atoms with Crippen LogP contribution in [0.2, 0.25) is 0 Å². The quantitative estimate of drug-likeness (QED) is 0.561. The average Bonchev–Trinajstić information content (AvgIpc) is 2.92. The second-order valence-electron chi connectivity index (χ2n) is 4.39. The molecule has 0 aromatic carbocycles. The molecule has 21 heavy (non-hydrogen) atoms. The molecule has 1 aromatic heterocycles. The molecule has 0 fully saturated rings. The van der Waals surface area contributed by atoms with Gasteiger partial charge in [-0.2, -0.15) is 0 Å². The topological polar surface area (TPSA) is 76.7 Å². The standard InChI is InChI=1S/C13H24N2O4S2/c1-3-5-14-11-12-13(4-10-20-12)21(16,17)15-6-7-19-9-8-18-2/h4,10,14-15H,3,5-9,11H2,1-2H3. The van der Waals surface area contributed by atoms with Crippen molar-refractivity contribution in [3.05, 3.63) is 16.3 Å². The molecule has 0 spiro atoms. The van der Waals surface area contributed by atoms with Gasteiger partial charge in [0.15, 0.2) is 0 Å². The highest BCUT2D eigenvalue weighted by molar-refractivity contribution is 7.89. The molecule has 1 heterocycles. The van der Waals surface area contributed by atoms with E-state index >= 15 is 0 Å². The van der Waals surface area contributed by atoms with Gasteiger partial charge in [0, 0.05) is 25.1 Å². The maximum atomic E-state index is 12.2. The Kier molecular flexibility index (Phi) is 9.05. The van der Waals surface area contributed by atoms with E-state index in [9.17, 15) is 8.42 Å². The summed E-state index contributed by atoms with van der Waals surface area (Å²) in [6.07, 6.45) is 1.02. The summed E-state index contributed by atoms with van der Waals surface area (Å²) in [5.74, 6) is 0. The summed E-state index contributed by atoms with van der Waals surface area (Å²) in [7, 11) is -1.87. The Morgan fingerprint density at radius 2 is 2.05 bits per heavy atom. The van der Waals surface area contributed by atoms with Gasteiger partial charge in [-0.1, -0.05) is 6.92 Å². The molecule has 0 aliphatic carbocycles. The molecule has 0 bridgehead atoms. The van der Waals surface area contributed by atoms with Crippen LogP contribution in [0.3, 0.4) is 0 Å².